The Hall–Kier alpha value is -2.82. The van der Waals surface area contributed by atoms with Gasteiger partial charge in [-0.25, -0.2) is 4.79 Å². The Morgan fingerprint density at radius 2 is 1.75 bits per heavy atom. The molecule has 1 aliphatic carbocycles. The van der Waals surface area contributed by atoms with Gasteiger partial charge in [-0.1, -0.05) is 48.5 Å². The minimum Gasteiger partial charge on any atom is -0.467 e. The highest BCUT2D eigenvalue weighted by Crippen LogP contribution is 2.44. The monoisotopic (exact) mass is 323 g/mol. The largest absolute Gasteiger partial charge is 0.467 e. The number of aliphatic imine (C=N–C) groups is 1. The fraction of sp³-hybridized carbons (Fsp3) is 0.263. The molecule has 4 rings (SSSR count). The third-order valence-corrected chi connectivity index (χ3v) is 4.44. The maximum absolute atomic E-state index is 11.5. The van der Waals surface area contributed by atoms with Gasteiger partial charge < -0.3 is 14.2 Å². The third kappa shape index (κ3) is 2.42. The Morgan fingerprint density at radius 3 is 2.38 bits per heavy atom. The maximum atomic E-state index is 11.5. The van der Waals surface area contributed by atoms with Crippen LogP contribution >= 0.6 is 0 Å². The smallest absolute Gasteiger partial charge is 0.384 e. The summed E-state index contributed by atoms with van der Waals surface area (Å²) in [6.45, 7) is 0.584. The summed E-state index contributed by atoms with van der Waals surface area (Å²) in [4.78, 5) is 15.6. The van der Waals surface area contributed by atoms with Crippen molar-refractivity contribution in [3.05, 3.63) is 59.7 Å². The fourth-order valence-corrected chi connectivity index (χ4v) is 3.28. The van der Waals surface area contributed by atoms with Crippen LogP contribution in [0.4, 0.5) is 0 Å². The molecule has 1 heterocycles. The first-order valence-electron chi connectivity index (χ1n) is 7.87. The van der Waals surface area contributed by atoms with Crippen molar-refractivity contribution >= 4 is 12.1 Å². The molecule has 0 saturated carbocycles. The number of carbonyl (C=O) groups is 1. The first-order valence-corrected chi connectivity index (χ1v) is 7.87. The summed E-state index contributed by atoms with van der Waals surface area (Å²) >= 11 is 0. The van der Waals surface area contributed by atoms with Gasteiger partial charge in [0.25, 0.3) is 0 Å². The van der Waals surface area contributed by atoms with Gasteiger partial charge in [-0.05, 0) is 22.3 Å². The molecule has 2 aliphatic rings. The van der Waals surface area contributed by atoms with Crippen molar-refractivity contribution in [2.24, 2.45) is 4.99 Å². The molecule has 0 aromatic heterocycles. The highest BCUT2D eigenvalue weighted by atomic mass is 16.7. The number of benzene rings is 2. The molecule has 0 radical (unpaired) electrons. The molecule has 0 saturated heterocycles. The third-order valence-electron chi connectivity index (χ3n) is 4.44. The van der Waals surface area contributed by atoms with Crippen molar-refractivity contribution in [3.63, 3.8) is 0 Å². The van der Waals surface area contributed by atoms with Crippen LogP contribution in [0.15, 0.2) is 53.5 Å². The van der Waals surface area contributed by atoms with Gasteiger partial charge in [0.1, 0.15) is 13.2 Å². The van der Waals surface area contributed by atoms with Gasteiger partial charge in [0.05, 0.1) is 7.11 Å². The molecule has 1 aliphatic heterocycles. The Kier molecular flexibility index (Phi) is 3.69. The molecule has 2 aromatic rings. The second-order valence-electron chi connectivity index (χ2n) is 5.78. The highest BCUT2D eigenvalue weighted by molar-refractivity contribution is 5.82. The van der Waals surface area contributed by atoms with Crippen molar-refractivity contribution in [2.75, 3.05) is 20.3 Å². The zero-order valence-electron chi connectivity index (χ0n) is 13.3. The lowest BCUT2D eigenvalue weighted by atomic mass is 9.98. The van der Waals surface area contributed by atoms with Crippen LogP contribution in [0.3, 0.4) is 0 Å². The van der Waals surface area contributed by atoms with Crippen molar-refractivity contribution < 1.29 is 19.0 Å². The normalized spacial score (nSPS) is 18.4. The van der Waals surface area contributed by atoms with Gasteiger partial charge in [0.2, 0.25) is 0 Å². The van der Waals surface area contributed by atoms with Gasteiger partial charge in [0.15, 0.2) is 6.04 Å². The van der Waals surface area contributed by atoms with E-state index in [0.717, 1.165) is 0 Å². The molecule has 2 aromatic carbocycles. The predicted molar refractivity (Wildman–Crippen MR) is 88.9 cm³/mol. The first-order chi connectivity index (χ1) is 11.8. The van der Waals surface area contributed by atoms with E-state index < -0.39 is 12.0 Å². The first kappa shape index (κ1) is 14.8. The summed E-state index contributed by atoms with van der Waals surface area (Å²) in [7, 11) is 1.34. The molecule has 5 heteroatoms. The van der Waals surface area contributed by atoms with Crippen LogP contribution in [-0.2, 0) is 19.0 Å². The minimum absolute atomic E-state index is 0.126. The van der Waals surface area contributed by atoms with E-state index in [1.807, 2.05) is 24.3 Å². The zero-order chi connectivity index (χ0) is 16.5. The standard InChI is InChI=1S/C19H17NO4/c1-22-18(21)17-11-24-19(20-17)23-10-16-14-8-4-2-6-12(14)13-7-3-5-9-15(13)16/h2-9,16-17H,10-11H2,1H3. The Labute approximate surface area is 139 Å². The molecular formula is C19H17NO4. The summed E-state index contributed by atoms with van der Waals surface area (Å²) in [6.07, 6.45) is 0.160. The van der Waals surface area contributed by atoms with Crippen LogP contribution in [0, 0.1) is 0 Å². The fourth-order valence-electron chi connectivity index (χ4n) is 3.28. The number of fused-ring (bicyclic) bond motifs is 3. The second kappa shape index (κ2) is 6.00. The highest BCUT2D eigenvalue weighted by Gasteiger charge is 2.31. The van der Waals surface area contributed by atoms with Gasteiger partial charge in [0, 0.05) is 5.92 Å². The van der Waals surface area contributed by atoms with Gasteiger partial charge >= 0.3 is 12.1 Å². The van der Waals surface area contributed by atoms with Crippen LogP contribution in [0.2, 0.25) is 0 Å². The molecule has 1 unspecified atom stereocenters. The Balaban J connectivity index is 1.54. The van der Waals surface area contributed by atoms with E-state index in [4.69, 9.17) is 9.47 Å². The van der Waals surface area contributed by atoms with E-state index in [9.17, 15) is 4.79 Å². The maximum Gasteiger partial charge on any atom is 0.384 e. The summed E-state index contributed by atoms with van der Waals surface area (Å²) in [5.74, 6) is -0.286. The average molecular weight is 323 g/mol. The van der Waals surface area contributed by atoms with Crippen molar-refractivity contribution in [1.82, 2.24) is 0 Å². The van der Waals surface area contributed by atoms with Crippen molar-refractivity contribution in [3.8, 4) is 11.1 Å². The summed E-state index contributed by atoms with van der Waals surface area (Å²) in [5.41, 5.74) is 4.95. The van der Waals surface area contributed by atoms with Crippen LogP contribution < -0.4 is 0 Å². The molecule has 122 valence electrons. The molecule has 0 N–H and O–H groups in total. The average Bonchev–Trinajstić information content (AvgIpc) is 3.22. The van der Waals surface area contributed by atoms with E-state index in [1.165, 1.54) is 29.4 Å². The van der Waals surface area contributed by atoms with Crippen LogP contribution in [0.5, 0.6) is 0 Å². The number of esters is 1. The number of ether oxygens (including phenoxy) is 3. The number of hydrogen-bond acceptors (Lipinski definition) is 5. The minimum atomic E-state index is -0.631. The van der Waals surface area contributed by atoms with Gasteiger partial charge in [-0.15, -0.1) is 0 Å². The topological polar surface area (TPSA) is 57.1 Å². The molecule has 1 atom stereocenters. The quantitative estimate of drug-likeness (QED) is 0.815. The second-order valence-corrected chi connectivity index (χ2v) is 5.78. The summed E-state index contributed by atoms with van der Waals surface area (Å²) in [5, 5.41) is 0. The lowest BCUT2D eigenvalue weighted by Gasteiger charge is -2.14. The SMILES string of the molecule is COC(=O)C1COC(OCC2c3ccccc3-c3ccccc32)=N1. The van der Waals surface area contributed by atoms with Crippen molar-refractivity contribution in [2.45, 2.75) is 12.0 Å². The lowest BCUT2D eigenvalue weighted by Crippen LogP contribution is -2.21. The van der Waals surface area contributed by atoms with Crippen LogP contribution in [-0.4, -0.2) is 38.4 Å². The van der Waals surface area contributed by atoms with Gasteiger partial charge in [-0.2, -0.15) is 4.99 Å². The molecule has 24 heavy (non-hydrogen) atoms. The van der Waals surface area contributed by atoms with E-state index in [-0.39, 0.29) is 18.6 Å². The number of carbonyl (C=O) groups excluding carboxylic acids is 1. The molecule has 0 fully saturated rings. The zero-order valence-corrected chi connectivity index (χ0v) is 13.3. The lowest BCUT2D eigenvalue weighted by molar-refractivity contribution is -0.142. The van der Waals surface area contributed by atoms with E-state index in [1.54, 1.807) is 0 Å². The Morgan fingerprint density at radius 1 is 1.12 bits per heavy atom. The summed E-state index contributed by atoms with van der Waals surface area (Å²) in [6, 6.07) is 16.0. The van der Waals surface area contributed by atoms with Crippen LogP contribution in [0.25, 0.3) is 11.1 Å². The molecule has 0 bridgehead atoms. The molecule has 0 amide bonds. The molecule has 5 nitrogen and oxygen atoms in total. The number of hydrogen-bond donors (Lipinski definition) is 0. The number of methoxy groups -OCH3 is 1. The van der Waals surface area contributed by atoms with E-state index in [0.29, 0.717) is 6.61 Å². The number of nitrogens with zero attached hydrogens (tertiary/aromatic N) is 1. The van der Waals surface area contributed by atoms with Crippen LogP contribution in [0.1, 0.15) is 17.0 Å². The van der Waals surface area contributed by atoms with E-state index in [2.05, 4.69) is 34.0 Å². The molecular weight excluding hydrogens is 306 g/mol. The molecule has 0 spiro atoms. The van der Waals surface area contributed by atoms with E-state index >= 15 is 0 Å². The van der Waals surface area contributed by atoms with Crippen molar-refractivity contribution in [1.29, 1.82) is 0 Å². The predicted octanol–water partition coefficient (Wildman–Crippen LogP) is 2.74. The Bertz CT molecular complexity index is 769. The summed E-state index contributed by atoms with van der Waals surface area (Å²) < 4.78 is 15.8. The van der Waals surface area contributed by atoms with Gasteiger partial charge in [-0.3, -0.25) is 0 Å². The number of rotatable bonds is 3.